The number of rotatable bonds is 4. The molecule has 3 nitrogen and oxygen atoms in total. The van der Waals surface area contributed by atoms with E-state index in [1.807, 2.05) is 11.0 Å². The Kier molecular flexibility index (Phi) is 5.43. The number of β-amino-alcohol motifs (C(OH)–C–C–N with tert-alkyl or cyclic N) is 1. The first kappa shape index (κ1) is 19.0. The molecule has 1 atom stereocenters. The zero-order valence-corrected chi connectivity index (χ0v) is 15.1. The quantitative estimate of drug-likeness (QED) is 0.705. The molecule has 2 aromatic carbocycles. The molecule has 0 aliphatic carbocycles. The Morgan fingerprint density at radius 2 is 1.96 bits per heavy atom. The summed E-state index contributed by atoms with van der Waals surface area (Å²) in [6.45, 7) is 0.985. The third-order valence-corrected chi connectivity index (χ3v) is 4.65. The monoisotopic (exact) mass is 433 g/mol. The molecule has 3 rings (SSSR count). The lowest BCUT2D eigenvalue weighted by Crippen LogP contribution is -2.21. The van der Waals surface area contributed by atoms with Crippen LogP contribution in [0.4, 0.5) is 23.2 Å². The van der Waals surface area contributed by atoms with E-state index < -0.39 is 23.7 Å². The number of anilines is 1. The molecule has 0 spiro atoms. The number of aliphatic hydroxyl groups is 1. The average molecular weight is 434 g/mol. The maximum absolute atomic E-state index is 13.4. The molecule has 0 bridgehead atoms. The number of hydrogen-bond donors (Lipinski definition) is 1. The molecule has 2 aromatic rings. The fourth-order valence-corrected chi connectivity index (χ4v) is 3.21. The van der Waals surface area contributed by atoms with Crippen LogP contribution < -0.4 is 9.64 Å². The van der Waals surface area contributed by atoms with E-state index >= 15 is 0 Å². The lowest BCUT2D eigenvalue weighted by molar-refractivity contribution is -0.140. The molecule has 8 heteroatoms. The summed E-state index contributed by atoms with van der Waals surface area (Å²) in [5.41, 5.74) is -0.347. The Hall–Kier alpha value is -1.80. The minimum Gasteiger partial charge on any atom is -0.487 e. The molecule has 26 heavy (non-hydrogen) atoms. The molecular weight excluding hydrogens is 418 g/mol. The topological polar surface area (TPSA) is 32.7 Å². The molecule has 1 aliphatic rings. The second-order valence-corrected chi connectivity index (χ2v) is 7.02. The molecule has 1 N–H and O–H groups in total. The maximum Gasteiger partial charge on any atom is 0.419 e. The summed E-state index contributed by atoms with van der Waals surface area (Å²) >= 11 is 3.38. The minimum atomic E-state index is -4.76. The van der Waals surface area contributed by atoms with Crippen molar-refractivity contribution >= 4 is 21.6 Å². The molecule has 140 valence electrons. The molecule has 0 saturated carbocycles. The summed E-state index contributed by atoms with van der Waals surface area (Å²) in [5, 5.41) is 9.73. The van der Waals surface area contributed by atoms with E-state index in [1.165, 1.54) is 6.07 Å². The van der Waals surface area contributed by atoms with E-state index in [2.05, 4.69) is 15.9 Å². The number of benzene rings is 2. The van der Waals surface area contributed by atoms with Gasteiger partial charge in [0.1, 0.15) is 18.2 Å². The summed E-state index contributed by atoms with van der Waals surface area (Å²) in [5.74, 6) is -0.822. The predicted molar refractivity (Wildman–Crippen MR) is 92.7 cm³/mol. The summed E-state index contributed by atoms with van der Waals surface area (Å²) in [7, 11) is 0. The van der Waals surface area contributed by atoms with Crippen LogP contribution in [0.25, 0.3) is 0 Å². The second kappa shape index (κ2) is 7.44. The van der Waals surface area contributed by atoms with Gasteiger partial charge in [-0.05, 0) is 42.3 Å². The molecule has 0 radical (unpaired) electrons. The fraction of sp³-hybridized carbons (Fsp3) is 0.333. The molecular formula is C18H16BrF4NO2. The zero-order valence-electron chi connectivity index (χ0n) is 13.6. The SMILES string of the molecule is OC1CCN(c2cc(Br)ccc2OCc2ccc(F)c(C(F)(F)F)c2)C1. The highest BCUT2D eigenvalue weighted by atomic mass is 79.9. The van der Waals surface area contributed by atoms with Gasteiger partial charge in [0.2, 0.25) is 0 Å². The Bertz CT molecular complexity index is 797. The van der Waals surface area contributed by atoms with Gasteiger partial charge in [-0.25, -0.2) is 4.39 Å². The normalized spacial score (nSPS) is 17.6. The van der Waals surface area contributed by atoms with E-state index in [0.29, 0.717) is 25.3 Å². The molecule has 0 amide bonds. The summed E-state index contributed by atoms with van der Waals surface area (Å²) in [6.07, 6.45) is -4.54. The number of halogens is 5. The Morgan fingerprint density at radius 1 is 1.19 bits per heavy atom. The predicted octanol–water partition coefficient (Wildman–Crippen LogP) is 4.76. The van der Waals surface area contributed by atoms with Crippen LogP contribution in [0.2, 0.25) is 0 Å². The zero-order chi connectivity index (χ0) is 18.9. The van der Waals surface area contributed by atoms with Gasteiger partial charge in [-0.2, -0.15) is 13.2 Å². The van der Waals surface area contributed by atoms with Gasteiger partial charge in [0.05, 0.1) is 17.4 Å². The average Bonchev–Trinajstić information content (AvgIpc) is 3.00. The van der Waals surface area contributed by atoms with Gasteiger partial charge in [-0.1, -0.05) is 22.0 Å². The largest absolute Gasteiger partial charge is 0.487 e. The molecule has 1 aliphatic heterocycles. The van der Waals surface area contributed by atoms with Crippen molar-refractivity contribution in [2.75, 3.05) is 18.0 Å². The summed E-state index contributed by atoms with van der Waals surface area (Å²) in [6, 6.07) is 8.12. The van der Waals surface area contributed by atoms with Crippen LogP contribution >= 0.6 is 15.9 Å². The third kappa shape index (κ3) is 4.29. The van der Waals surface area contributed by atoms with Gasteiger partial charge in [-0.15, -0.1) is 0 Å². The maximum atomic E-state index is 13.4. The van der Waals surface area contributed by atoms with E-state index in [0.717, 1.165) is 22.3 Å². The Morgan fingerprint density at radius 3 is 2.62 bits per heavy atom. The van der Waals surface area contributed by atoms with Gasteiger partial charge in [0.15, 0.2) is 0 Å². The van der Waals surface area contributed by atoms with Gasteiger partial charge in [0.25, 0.3) is 0 Å². The number of ether oxygens (including phenoxy) is 1. The van der Waals surface area contributed by atoms with Crippen molar-refractivity contribution in [2.45, 2.75) is 25.3 Å². The third-order valence-electron chi connectivity index (χ3n) is 4.16. The Labute approximate surface area is 156 Å². The van der Waals surface area contributed by atoms with Crippen molar-refractivity contribution in [2.24, 2.45) is 0 Å². The van der Waals surface area contributed by atoms with E-state index in [9.17, 15) is 22.7 Å². The van der Waals surface area contributed by atoms with Crippen LogP contribution in [0.1, 0.15) is 17.5 Å². The van der Waals surface area contributed by atoms with Crippen LogP contribution in [0.3, 0.4) is 0 Å². The number of alkyl halides is 3. The molecule has 1 saturated heterocycles. The van der Waals surface area contributed by atoms with Crippen LogP contribution in [0.15, 0.2) is 40.9 Å². The lowest BCUT2D eigenvalue weighted by Gasteiger charge is -2.22. The minimum absolute atomic E-state index is 0.131. The first-order chi connectivity index (χ1) is 12.2. The van der Waals surface area contributed by atoms with E-state index in [-0.39, 0.29) is 12.2 Å². The van der Waals surface area contributed by atoms with E-state index in [1.54, 1.807) is 12.1 Å². The smallest absolute Gasteiger partial charge is 0.419 e. The highest BCUT2D eigenvalue weighted by Gasteiger charge is 2.34. The van der Waals surface area contributed by atoms with Gasteiger partial charge >= 0.3 is 6.18 Å². The van der Waals surface area contributed by atoms with Crippen molar-refractivity contribution in [3.8, 4) is 5.75 Å². The van der Waals surface area contributed by atoms with Crippen molar-refractivity contribution in [3.63, 3.8) is 0 Å². The van der Waals surface area contributed by atoms with Crippen molar-refractivity contribution < 1.29 is 27.4 Å². The van der Waals surface area contributed by atoms with Crippen LogP contribution in [-0.4, -0.2) is 24.3 Å². The highest BCUT2D eigenvalue weighted by Crippen LogP contribution is 2.35. The van der Waals surface area contributed by atoms with Gasteiger partial charge in [-0.3, -0.25) is 0 Å². The molecule has 1 fully saturated rings. The summed E-state index contributed by atoms with van der Waals surface area (Å²) in [4.78, 5) is 1.95. The van der Waals surface area contributed by atoms with E-state index in [4.69, 9.17) is 4.74 Å². The molecule has 1 heterocycles. The lowest BCUT2D eigenvalue weighted by atomic mass is 10.1. The number of nitrogens with zero attached hydrogens (tertiary/aromatic N) is 1. The second-order valence-electron chi connectivity index (χ2n) is 6.10. The Balaban J connectivity index is 1.80. The number of hydrogen-bond acceptors (Lipinski definition) is 3. The van der Waals surface area contributed by atoms with Crippen LogP contribution in [0, 0.1) is 5.82 Å². The van der Waals surface area contributed by atoms with Crippen LogP contribution in [0.5, 0.6) is 5.75 Å². The van der Waals surface area contributed by atoms with Crippen molar-refractivity contribution in [1.29, 1.82) is 0 Å². The highest BCUT2D eigenvalue weighted by molar-refractivity contribution is 9.10. The van der Waals surface area contributed by atoms with Crippen molar-refractivity contribution in [1.82, 2.24) is 0 Å². The standard InChI is InChI=1S/C18H16BrF4NO2/c19-12-2-4-17(16(8-12)24-6-5-13(25)9-24)26-10-11-1-3-15(20)14(7-11)18(21,22)23/h1-4,7-8,13,25H,5-6,9-10H2. The number of aliphatic hydroxyl groups excluding tert-OH is 1. The van der Waals surface area contributed by atoms with Crippen LogP contribution in [-0.2, 0) is 12.8 Å². The summed E-state index contributed by atoms with van der Waals surface area (Å²) < 4.78 is 58.4. The first-order valence-corrected chi connectivity index (χ1v) is 8.74. The fourth-order valence-electron chi connectivity index (χ4n) is 2.86. The van der Waals surface area contributed by atoms with Gasteiger partial charge < -0.3 is 14.7 Å². The molecule has 0 aromatic heterocycles. The molecule has 1 unspecified atom stereocenters. The van der Waals surface area contributed by atoms with Gasteiger partial charge in [0, 0.05) is 17.6 Å². The van der Waals surface area contributed by atoms with Crippen molar-refractivity contribution in [3.05, 3.63) is 57.8 Å². The first-order valence-electron chi connectivity index (χ1n) is 7.95.